The number of carbonyl (C=O) groups excluding carboxylic acids is 1. The van der Waals surface area contributed by atoms with Gasteiger partial charge in [0, 0.05) is 12.0 Å². The van der Waals surface area contributed by atoms with Crippen LogP contribution in [0.5, 0.6) is 0 Å². The van der Waals surface area contributed by atoms with Crippen molar-refractivity contribution in [2.75, 3.05) is 0 Å². The summed E-state index contributed by atoms with van der Waals surface area (Å²) in [6.45, 7) is 1.27. The number of rotatable bonds is 6. The average molecular weight is 254 g/mol. The van der Waals surface area contributed by atoms with Gasteiger partial charge in [-0.1, -0.05) is 18.9 Å². The molecule has 0 aromatic heterocycles. The average Bonchev–Trinajstić information content (AvgIpc) is 2.74. The molecule has 0 radical (unpaired) electrons. The molecule has 0 heterocycles. The van der Waals surface area contributed by atoms with Crippen LogP contribution in [0.25, 0.3) is 0 Å². The molecule has 0 aromatic rings. The van der Waals surface area contributed by atoms with Crippen LogP contribution in [0, 0.1) is 11.8 Å². The van der Waals surface area contributed by atoms with E-state index in [2.05, 4.69) is 0 Å². The Bertz CT molecular complexity index is 377. The van der Waals surface area contributed by atoms with E-state index in [4.69, 9.17) is 10.2 Å². The van der Waals surface area contributed by atoms with Crippen LogP contribution in [0.3, 0.4) is 0 Å². The van der Waals surface area contributed by atoms with Crippen LogP contribution in [0.4, 0.5) is 0 Å². The van der Waals surface area contributed by atoms with Gasteiger partial charge in [0.15, 0.2) is 0 Å². The number of allylic oxidation sites excluding steroid dienone is 1. The van der Waals surface area contributed by atoms with Crippen molar-refractivity contribution in [3.05, 3.63) is 11.6 Å². The van der Waals surface area contributed by atoms with E-state index < -0.39 is 17.9 Å². The molecule has 100 valence electrons. The van der Waals surface area contributed by atoms with E-state index in [0.717, 1.165) is 25.7 Å². The second-order valence-corrected chi connectivity index (χ2v) is 4.77. The quantitative estimate of drug-likeness (QED) is 0.706. The van der Waals surface area contributed by atoms with Crippen LogP contribution >= 0.6 is 0 Å². The molecule has 1 aliphatic rings. The summed E-state index contributed by atoms with van der Waals surface area (Å²) >= 11 is 0. The maximum atomic E-state index is 11.2. The van der Waals surface area contributed by atoms with Gasteiger partial charge in [0.25, 0.3) is 0 Å². The molecule has 0 bridgehead atoms. The van der Waals surface area contributed by atoms with Crippen LogP contribution in [0.15, 0.2) is 11.6 Å². The summed E-state index contributed by atoms with van der Waals surface area (Å²) in [5.41, 5.74) is -0.149. The summed E-state index contributed by atoms with van der Waals surface area (Å²) in [5.74, 6) is -3.92. The number of aliphatic carboxylic acids is 2. The van der Waals surface area contributed by atoms with Crippen LogP contribution in [0.2, 0.25) is 0 Å². The molecule has 0 saturated heterocycles. The Morgan fingerprint density at radius 3 is 2.17 bits per heavy atom. The van der Waals surface area contributed by atoms with Gasteiger partial charge in [0.05, 0.1) is 5.92 Å². The number of hydrogen-bond acceptors (Lipinski definition) is 3. The van der Waals surface area contributed by atoms with Crippen LogP contribution in [0.1, 0.15) is 39.0 Å². The molecule has 0 aromatic carbocycles. The fraction of sp³-hybridized carbons (Fsp3) is 0.615. The van der Waals surface area contributed by atoms with Crippen molar-refractivity contribution < 1.29 is 24.6 Å². The molecule has 1 unspecified atom stereocenters. The van der Waals surface area contributed by atoms with Crippen molar-refractivity contribution in [1.29, 1.82) is 0 Å². The van der Waals surface area contributed by atoms with Gasteiger partial charge in [0.1, 0.15) is 5.78 Å². The summed E-state index contributed by atoms with van der Waals surface area (Å²) in [6.07, 6.45) is 5.14. The van der Waals surface area contributed by atoms with Gasteiger partial charge in [-0.2, -0.15) is 0 Å². The van der Waals surface area contributed by atoms with Gasteiger partial charge in [-0.05, 0) is 25.7 Å². The van der Waals surface area contributed by atoms with Crippen molar-refractivity contribution in [1.82, 2.24) is 0 Å². The fourth-order valence-corrected chi connectivity index (χ4v) is 2.33. The number of Topliss-reactive ketones (excluding diaryl/α,β-unsaturated/α-hetero) is 1. The Kier molecular flexibility index (Phi) is 5.07. The number of carboxylic acids is 2. The van der Waals surface area contributed by atoms with Crippen LogP contribution in [-0.4, -0.2) is 27.9 Å². The normalized spacial score (nSPS) is 18.6. The van der Waals surface area contributed by atoms with Gasteiger partial charge in [-0.3, -0.25) is 9.59 Å². The second-order valence-electron chi connectivity index (χ2n) is 4.77. The zero-order valence-electron chi connectivity index (χ0n) is 10.4. The largest absolute Gasteiger partial charge is 0.481 e. The summed E-state index contributed by atoms with van der Waals surface area (Å²) in [4.78, 5) is 33.3. The Morgan fingerprint density at radius 2 is 1.78 bits per heavy atom. The van der Waals surface area contributed by atoms with Gasteiger partial charge in [-0.25, -0.2) is 4.79 Å². The minimum atomic E-state index is -1.25. The smallest absolute Gasteiger partial charge is 0.332 e. The molecular weight excluding hydrogens is 236 g/mol. The van der Waals surface area contributed by atoms with Gasteiger partial charge >= 0.3 is 11.9 Å². The predicted molar refractivity (Wildman–Crippen MR) is 64.1 cm³/mol. The van der Waals surface area contributed by atoms with E-state index >= 15 is 0 Å². The Morgan fingerprint density at radius 1 is 1.22 bits per heavy atom. The highest BCUT2D eigenvalue weighted by molar-refractivity contribution is 5.96. The summed E-state index contributed by atoms with van der Waals surface area (Å²) in [7, 11) is 0. The molecule has 5 heteroatoms. The topological polar surface area (TPSA) is 91.7 Å². The van der Waals surface area contributed by atoms with Gasteiger partial charge in [0.2, 0.25) is 0 Å². The summed E-state index contributed by atoms with van der Waals surface area (Å²) in [6, 6.07) is 0. The number of ketones is 1. The minimum absolute atomic E-state index is 0.130. The molecule has 1 saturated carbocycles. The van der Waals surface area contributed by atoms with Crippen molar-refractivity contribution >= 4 is 17.7 Å². The van der Waals surface area contributed by atoms with Crippen molar-refractivity contribution in [2.24, 2.45) is 11.8 Å². The first-order valence-corrected chi connectivity index (χ1v) is 6.09. The molecule has 18 heavy (non-hydrogen) atoms. The van der Waals surface area contributed by atoms with E-state index in [1.54, 1.807) is 0 Å². The number of hydrogen-bond donors (Lipinski definition) is 2. The SMILES string of the molecule is CC(=O)CC(C(=O)O)C(=CC1CCCC1)C(=O)O. The molecule has 5 nitrogen and oxygen atoms in total. The lowest BCUT2D eigenvalue weighted by molar-refractivity contribution is -0.145. The van der Waals surface area contributed by atoms with Gasteiger partial charge < -0.3 is 10.2 Å². The predicted octanol–water partition coefficient (Wildman–Crippen LogP) is 1.87. The molecule has 1 aliphatic carbocycles. The Hall–Kier alpha value is -1.65. The number of carbonyl (C=O) groups is 3. The molecule has 0 amide bonds. The lowest BCUT2D eigenvalue weighted by atomic mass is 9.90. The van der Waals surface area contributed by atoms with E-state index in [9.17, 15) is 14.4 Å². The highest BCUT2D eigenvalue weighted by atomic mass is 16.4. The Balaban J connectivity index is 2.95. The summed E-state index contributed by atoms with van der Waals surface area (Å²) < 4.78 is 0. The molecule has 1 atom stereocenters. The highest BCUT2D eigenvalue weighted by Gasteiger charge is 2.29. The van der Waals surface area contributed by atoms with E-state index in [1.807, 2.05) is 0 Å². The van der Waals surface area contributed by atoms with Crippen molar-refractivity contribution in [3.63, 3.8) is 0 Å². The monoisotopic (exact) mass is 254 g/mol. The maximum Gasteiger partial charge on any atom is 0.332 e. The molecule has 2 N–H and O–H groups in total. The van der Waals surface area contributed by atoms with Gasteiger partial charge in [-0.15, -0.1) is 0 Å². The lowest BCUT2D eigenvalue weighted by Crippen LogP contribution is -2.24. The first-order valence-electron chi connectivity index (χ1n) is 6.09. The standard InChI is InChI=1S/C13H18O5/c1-8(14)6-10(12(15)16)11(13(17)18)7-9-4-2-3-5-9/h7,9-10H,2-6H2,1H3,(H,15,16)(H,17,18). The minimum Gasteiger partial charge on any atom is -0.481 e. The van der Waals surface area contributed by atoms with Crippen molar-refractivity contribution in [2.45, 2.75) is 39.0 Å². The first-order chi connectivity index (χ1) is 8.41. The fourth-order valence-electron chi connectivity index (χ4n) is 2.33. The Labute approximate surface area is 105 Å². The zero-order chi connectivity index (χ0) is 13.7. The number of carboxylic acid groups (broad SMARTS) is 2. The molecule has 0 spiro atoms. The highest BCUT2D eigenvalue weighted by Crippen LogP contribution is 2.29. The molecule has 1 fully saturated rings. The first kappa shape index (κ1) is 14.4. The second kappa shape index (κ2) is 6.33. The van der Waals surface area contributed by atoms with E-state index in [0.29, 0.717) is 0 Å². The summed E-state index contributed by atoms with van der Waals surface area (Å²) in [5, 5.41) is 18.2. The van der Waals surface area contributed by atoms with Crippen LogP contribution in [-0.2, 0) is 14.4 Å². The zero-order valence-corrected chi connectivity index (χ0v) is 10.4. The lowest BCUT2D eigenvalue weighted by Gasteiger charge is -2.13. The molecule has 0 aliphatic heterocycles. The van der Waals surface area contributed by atoms with Crippen molar-refractivity contribution in [3.8, 4) is 0 Å². The molecular formula is C13H18O5. The third kappa shape index (κ3) is 3.98. The third-order valence-electron chi connectivity index (χ3n) is 3.23. The maximum absolute atomic E-state index is 11.2. The van der Waals surface area contributed by atoms with E-state index in [-0.39, 0.29) is 23.7 Å². The third-order valence-corrected chi connectivity index (χ3v) is 3.23. The van der Waals surface area contributed by atoms with Crippen LogP contribution < -0.4 is 0 Å². The van der Waals surface area contributed by atoms with E-state index in [1.165, 1.54) is 13.0 Å². The molecule has 1 rings (SSSR count).